The largest absolute Gasteiger partial charge is 0.496 e. The van der Waals surface area contributed by atoms with E-state index in [1.165, 1.54) is 22.6 Å². The van der Waals surface area contributed by atoms with Crippen LogP contribution in [0.25, 0.3) is 21.4 Å². The van der Waals surface area contributed by atoms with Crippen LogP contribution in [-0.2, 0) is 27.2 Å². The van der Waals surface area contributed by atoms with Crippen molar-refractivity contribution in [1.29, 1.82) is 0 Å². The van der Waals surface area contributed by atoms with Gasteiger partial charge in [0.25, 0.3) is 5.91 Å². The number of hydrogen-bond acceptors (Lipinski definition) is 8. The van der Waals surface area contributed by atoms with Crippen molar-refractivity contribution in [2.75, 3.05) is 31.6 Å². The molecule has 0 saturated heterocycles. The van der Waals surface area contributed by atoms with E-state index in [0.29, 0.717) is 40.2 Å². The summed E-state index contributed by atoms with van der Waals surface area (Å²) in [6.45, 7) is 7.84. The maximum absolute atomic E-state index is 13.8. The number of nitrogens with one attached hydrogen (secondary N) is 1. The molecule has 1 N–H and O–H groups in total. The van der Waals surface area contributed by atoms with E-state index in [4.69, 9.17) is 14.5 Å². The van der Waals surface area contributed by atoms with Gasteiger partial charge in [-0.05, 0) is 88.3 Å². The van der Waals surface area contributed by atoms with Crippen molar-refractivity contribution in [3.8, 4) is 5.75 Å². The van der Waals surface area contributed by atoms with Crippen molar-refractivity contribution >= 4 is 56.5 Å². The van der Waals surface area contributed by atoms with Crippen molar-refractivity contribution in [3.05, 3.63) is 87.4 Å². The average molecular weight is 652 g/mol. The Morgan fingerprint density at radius 1 is 1.00 bits per heavy atom. The minimum Gasteiger partial charge on any atom is -0.496 e. The summed E-state index contributed by atoms with van der Waals surface area (Å²) in [5, 5.41) is 3.57. The van der Waals surface area contributed by atoms with Crippen LogP contribution in [0.2, 0.25) is 0 Å². The number of aromatic nitrogens is 1. The molecule has 0 radical (unpaired) electrons. The van der Waals surface area contributed by atoms with Crippen LogP contribution >= 0.6 is 11.3 Å². The second-order valence-corrected chi connectivity index (χ2v) is 14.1. The fraction of sp³-hybridized carbons (Fsp3) is 0.368. The number of esters is 1. The van der Waals surface area contributed by atoms with Crippen molar-refractivity contribution in [3.63, 3.8) is 0 Å². The highest BCUT2D eigenvalue weighted by molar-refractivity contribution is 7.19. The number of para-hydroxylation sites is 1. The van der Waals surface area contributed by atoms with Gasteiger partial charge in [-0.1, -0.05) is 30.3 Å². The van der Waals surface area contributed by atoms with Crippen LogP contribution in [0.5, 0.6) is 5.75 Å². The van der Waals surface area contributed by atoms with Crippen LogP contribution < -0.4 is 15.0 Å². The first-order valence-corrected chi connectivity index (χ1v) is 17.1. The molecule has 9 heteroatoms. The van der Waals surface area contributed by atoms with E-state index in [-0.39, 0.29) is 18.3 Å². The van der Waals surface area contributed by atoms with Gasteiger partial charge in [0, 0.05) is 54.0 Å². The molecule has 244 valence electrons. The summed E-state index contributed by atoms with van der Waals surface area (Å²) < 4.78 is 12.6. The summed E-state index contributed by atoms with van der Waals surface area (Å²) in [5.74, 6) is 0.144. The van der Waals surface area contributed by atoms with E-state index in [1.54, 1.807) is 13.2 Å². The molecule has 0 unspecified atom stereocenters. The van der Waals surface area contributed by atoms with Gasteiger partial charge in [0.2, 0.25) is 0 Å². The Hall–Kier alpha value is -4.50. The van der Waals surface area contributed by atoms with Gasteiger partial charge in [-0.3, -0.25) is 14.4 Å². The van der Waals surface area contributed by atoms with Crippen molar-refractivity contribution < 1.29 is 23.9 Å². The first-order chi connectivity index (χ1) is 22.7. The van der Waals surface area contributed by atoms with Crippen LogP contribution in [-0.4, -0.2) is 55.5 Å². The summed E-state index contributed by atoms with van der Waals surface area (Å²) in [6.07, 6.45) is 5.38. The molecule has 8 nitrogen and oxygen atoms in total. The molecule has 3 aromatic carbocycles. The molecule has 3 heterocycles. The normalized spacial score (nSPS) is 14.7. The second kappa shape index (κ2) is 13.7. The molecule has 0 aliphatic carbocycles. The zero-order valence-corrected chi connectivity index (χ0v) is 28.3. The number of carbonyl (C=O) groups excluding carboxylic acids is 3. The van der Waals surface area contributed by atoms with Crippen LogP contribution in [0, 0.1) is 0 Å². The number of amides is 1. The molecule has 0 saturated carbocycles. The second-order valence-electron chi connectivity index (χ2n) is 13.0. The van der Waals surface area contributed by atoms with Crippen molar-refractivity contribution in [1.82, 2.24) is 10.3 Å². The topological polar surface area (TPSA) is 97.8 Å². The summed E-state index contributed by atoms with van der Waals surface area (Å²) in [7, 11) is 1.68. The molecule has 6 rings (SSSR count). The number of ether oxygens (including phenoxy) is 2. The lowest BCUT2D eigenvalue weighted by molar-refractivity contribution is -0.154. The van der Waals surface area contributed by atoms with Gasteiger partial charge >= 0.3 is 5.97 Å². The fourth-order valence-corrected chi connectivity index (χ4v) is 7.69. The predicted octanol–water partition coefficient (Wildman–Crippen LogP) is 7.01. The van der Waals surface area contributed by atoms with Gasteiger partial charge in [-0.25, -0.2) is 4.98 Å². The van der Waals surface area contributed by atoms with Crippen LogP contribution in [0.4, 0.5) is 5.69 Å². The molecule has 2 aliphatic rings. The van der Waals surface area contributed by atoms with Gasteiger partial charge in [0.1, 0.15) is 16.4 Å². The van der Waals surface area contributed by atoms with E-state index in [1.807, 2.05) is 63.2 Å². The number of aryl methyl sites for hydroxylation is 1. The average Bonchev–Trinajstić information content (AvgIpc) is 3.49. The Balaban J connectivity index is 1.47. The monoisotopic (exact) mass is 651 g/mol. The first kappa shape index (κ1) is 32.4. The number of allylic oxidation sites excluding steroid dienone is 1. The van der Waals surface area contributed by atoms with E-state index < -0.39 is 5.60 Å². The molecule has 2 aliphatic heterocycles. The number of thiazole rings is 1. The molecule has 0 fully saturated rings. The molecular weight excluding hydrogens is 611 g/mol. The van der Waals surface area contributed by atoms with Crippen LogP contribution in [0.1, 0.15) is 84.1 Å². The highest BCUT2D eigenvalue weighted by Gasteiger charge is 2.32. The molecular formula is C38H41N3O5S. The number of nitrogens with zero attached hydrogens (tertiary/aromatic N) is 2. The van der Waals surface area contributed by atoms with Gasteiger partial charge < -0.3 is 19.7 Å². The number of hydrogen-bond donors (Lipinski definition) is 1. The Kier molecular flexibility index (Phi) is 9.45. The number of benzene rings is 3. The first-order valence-electron chi connectivity index (χ1n) is 16.3. The Morgan fingerprint density at radius 3 is 2.45 bits per heavy atom. The Morgan fingerprint density at radius 2 is 1.72 bits per heavy atom. The number of carbonyl (C=O) groups is 3. The van der Waals surface area contributed by atoms with E-state index in [2.05, 4.69) is 16.3 Å². The molecule has 0 spiro atoms. The summed E-state index contributed by atoms with van der Waals surface area (Å²) in [4.78, 5) is 46.6. The lowest BCUT2D eigenvalue weighted by atomic mass is 9.83. The molecule has 47 heavy (non-hydrogen) atoms. The highest BCUT2D eigenvalue weighted by Crippen LogP contribution is 2.47. The number of anilines is 1. The maximum Gasteiger partial charge on any atom is 0.306 e. The van der Waals surface area contributed by atoms with E-state index in [9.17, 15) is 14.4 Å². The van der Waals surface area contributed by atoms with Gasteiger partial charge in [-0.15, -0.1) is 11.3 Å². The number of fused-ring (bicyclic) bond motifs is 1. The van der Waals surface area contributed by atoms with Crippen LogP contribution in [0.3, 0.4) is 0 Å². The van der Waals surface area contributed by atoms with Crippen LogP contribution in [0.15, 0.2) is 54.6 Å². The maximum atomic E-state index is 13.8. The smallest absolute Gasteiger partial charge is 0.306 e. The number of methoxy groups -OCH3 is 1. The minimum absolute atomic E-state index is 0.198. The zero-order chi connectivity index (χ0) is 33.1. The molecule has 1 aromatic heterocycles. The third kappa shape index (κ3) is 6.81. The highest BCUT2D eigenvalue weighted by atomic mass is 32.1. The summed E-state index contributed by atoms with van der Waals surface area (Å²) in [6, 6.07) is 17.4. The lowest BCUT2D eigenvalue weighted by Crippen LogP contribution is -2.34. The lowest BCUT2D eigenvalue weighted by Gasteiger charge is -2.38. The third-order valence-corrected chi connectivity index (χ3v) is 9.63. The Labute approximate surface area is 279 Å². The zero-order valence-electron chi connectivity index (χ0n) is 27.5. The molecule has 4 aromatic rings. The van der Waals surface area contributed by atoms with Gasteiger partial charge in [-0.2, -0.15) is 0 Å². The Bertz CT molecular complexity index is 1830. The van der Waals surface area contributed by atoms with E-state index >= 15 is 0 Å². The van der Waals surface area contributed by atoms with Gasteiger partial charge in [0.05, 0.1) is 22.9 Å². The number of aldehydes is 1. The molecule has 0 bridgehead atoms. The fourth-order valence-electron chi connectivity index (χ4n) is 6.71. The SMILES string of the molecule is COc1c(/C(=C(\C=O)c2nc3ccccc3s2)c2ccccc2C(=O)NCCCC(=O)OC(C)(C)C)cc2c3c1CCCN3CCC2. The van der Waals surface area contributed by atoms with Gasteiger partial charge in [0.15, 0.2) is 6.29 Å². The van der Waals surface area contributed by atoms with Crippen molar-refractivity contribution in [2.45, 2.75) is 64.9 Å². The number of rotatable bonds is 10. The van der Waals surface area contributed by atoms with E-state index in [0.717, 1.165) is 72.2 Å². The van der Waals surface area contributed by atoms with Crippen molar-refractivity contribution in [2.24, 2.45) is 0 Å². The quantitative estimate of drug-likeness (QED) is 0.0853. The summed E-state index contributed by atoms with van der Waals surface area (Å²) in [5.41, 5.74) is 6.76. The molecule has 1 amide bonds. The third-order valence-electron chi connectivity index (χ3n) is 8.56. The summed E-state index contributed by atoms with van der Waals surface area (Å²) >= 11 is 1.46. The molecule has 0 atom stereocenters. The predicted molar refractivity (Wildman–Crippen MR) is 187 cm³/mol. The minimum atomic E-state index is -0.559. The standard InChI is InChI=1S/C38H41N3O5S/c1-38(2,3)46-32(43)18-9-19-39-36(44)26-14-6-5-13-25(26)33(29(23-42)37-40-30-16-7-8-17-31(30)47-37)28-22-24-12-10-20-41-21-11-15-27(34(24)41)35(28)45-4/h5-8,13-14,16-17,22-23H,9-12,15,18-21H2,1-4H3,(H,39,44)/b33-29+.